The lowest BCUT2D eigenvalue weighted by Crippen LogP contribution is -2.10. The molecule has 1 aromatic heterocycles. The summed E-state index contributed by atoms with van der Waals surface area (Å²) < 4.78 is 2.48. The Morgan fingerprint density at radius 2 is 1.04 bits per heavy atom. The zero-order valence-corrected chi connectivity index (χ0v) is 16.5. The van der Waals surface area contributed by atoms with Crippen molar-refractivity contribution in [2.24, 2.45) is 0 Å². The van der Waals surface area contributed by atoms with E-state index in [-0.39, 0.29) is 10.8 Å². The van der Waals surface area contributed by atoms with E-state index >= 15 is 0 Å². The largest absolute Gasteiger partial charge is 0.338 e. The van der Waals surface area contributed by atoms with Gasteiger partial charge < -0.3 is 4.57 Å². The number of aromatic nitrogens is 1. The molecule has 0 saturated carbocycles. The van der Waals surface area contributed by atoms with E-state index in [1.165, 1.54) is 32.9 Å². The van der Waals surface area contributed by atoms with Crippen LogP contribution in [0.15, 0.2) is 36.4 Å². The molecule has 0 bridgehead atoms. The fourth-order valence-corrected chi connectivity index (χ4v) is 3.54. The van der Waals surface area contributed by atoms with Gasteiger partial charge in [-0.05, 0) is 60.1 Å². The minimum absolute atomic E-state index is 0.169. The summed E-state index contributed by atoms with van der Waals surface area (Å²) in [5.74, 6) is 0. The first-order chi connectivity index (χ1) is 11.0. The molecular weight excluding hydrogens is 290 g/mol. The van der Waals surface area contributed by atoms with Crippen molar-refractivity contribution in [2.75, 3.05) is 0 Å². The average molecular weight is 322 g/mol. The normalized spacial score (nSPS) is 13.4. The second-order valence-corrected chi connectivity index (χ2v) is 9.43. The van der Waals surface area contributed by atoms with Crippen LogP contribution in [0.1, 0.15) is 72.6 Å². The van der Waals surface area contributed by atoms with Crippen LogP contribution in [0.25, 0.3) is 21.8 Å². The van der Waals surface area contributed by atoms with Gasteiger partial charge in [-0.25, -0.2) is 0 Å². The lowest BCUT2D eigenvalue weighted by molar-refractivity contribution is 0.590. The number of benzene rings is 2. The standard InChI is InChI=1S/C23H31N/c1-15(2)24-20-11-9-16(22(3,4)5)13-18(20)19-14-17(23(6,7)8)10-12-21(19)24/h9-15H,1-8H3. The Balaban J connectivity index is 2.43. The van der Waals surface area contributed by atoms with Crippen LogP contribution in [0.2, 0.25) is 0 Å². The van der Waals surface area contributed by atoms with Gasteiger partial charge in [-0.2, -0.15) is 0 Å². The van der Waals surface area contributed by atoms with Crippen molar-refractivity contribution in [2.45, 2.75) is 72.3 Å². The molecule has 0 amide bonds. The average Bonchev–Trinajstić information content (AvgIpc) is 2.78. The van der Waals surface area contributed by atoms with Gasteiger partial charge in [0.1, 0.15) is 0 Å². The Kier molecular flexibility index (Phi) is 3.82. The lowest BCUT2D eigenvalue weighted by Gasteiger charge is -2.19. The van der Waals surface area contributed by atoms with Crippen LogP contribution >= 0.6 is 0 Å². The summed E-state index contributed by atoms with van der Waals surface area (Å²) in [4.78, 5) is 0. The van der Waals surface area contributed by atoms with E-state index in [0.29, 0.717) is 6.04 Å². The Bertz CT molecular complexity index is 824. The maximum absolute atomic E-state index is 2.48. The van der Waals surface area contributed by atoms with Crippen LogP contribution in [0.3, 0.4) is 0 Å². The predicted octanol–water partition coefficient (Wildman–Crippen LogP) is 6.97. The van der Waals surface area contributed by atoms with Gasteiger partial charge in [-0.3, -0.25) is 0 Å². The van der Waals surface area contributed by atoms with Gasteiger partial charge in [-0.1, -0.05) is 53.7 Å². The zero-order chi connectivity index (χ0) is 17.9. The lowest BCUT2D eigenvalue weighted by atomic mass is 9.85. The monoisotopic (exact) mass is 321 g/mol. The van der Waals surface area contributed by atoms with Crippen molar-refractivity contribution in [1.29, 1.82) is 0 Å². The Hall–Kier alpha value is -1.76. The van der Waals surface area contributed by atoms with Gasteiger partial charge >= 0.3 is 0 Å². The van der Waals surface area contributed by atoms with E-state index < -0.39 is 0 Å². The minimum Gasteiger partial charge on any atom is -0.338 e. The fraction of sp³-hybridized carbons (Fsp3) is 0.478. The molecule has 1 heterocycles. The van der Waals surface area contributed by atoms with Crippen molar-refractivity contribution in [3.8, 4) is 0 Å². The number of hydrogen-bond acceptors (Lipinski definition) is 0. The van der Waals surface area contributed by atoms with Gasteiger partial charge in [0.15, 0.2) is 0 Å². The van der Waals surface area contributed by atoms with Crippen LogP contribution in [0, 0.1) is 0 Å². The number of hydrogen-bond donors (Lipinski definition) is 0. The molecule has 0 N–H and O–H groups in total. The molecular formula is C23H31N. The molecule has 0 radical (unpaired) electrons. The molecule has 1 nitrogen and oxygen atoms in total. The first-order valence-corrected chi connectivity index (χ1v) is 9.09. The third-order valence-corrected chi connectivity index (χ3v) is 5.05. The summed E-state index contributed by atoms with van der Waals surface area (Å²) in [6.07, 6.45) is 0. The van der Waals surface area contributed by atoms with E-state index in [2.05, 4.69) is 96.4 Å². The molecule has 0 aliphatic heterocycles. The zero-order valence-electron chi connectivity index (χ0n) is 16.5. The highest BCUT2D eigenvalue weighted by atomic mass is 15.0. The number of rotatable bonds is 1. The summed E-state index contributed by atoms with van der Waals surface area (Å²) in [7, 11) is 0. The number of fused-ring (bicyclic) bond motifs is 3. The minimum atomic E-state index is 0.169. The van der Waals surface area contributed by atoms with E-state index in [1.54, 1.807) is 0 Å². The van der Waals surface area contributed by atoms with Gasteiger partial charge in [-0.15, -0.1) is 0 Å². The molecule has 0 fully saturated rings. The van der Waals surface area contributed by atoms with Crippen LogP contribution in [0.4, 0.5) is 0 Å². The van der Waals surface area contributed by atoms with E-state index in [4.69, 9.17) is 0 Å². The Morgan fingerprint density at radius 1 is 0.667 bits per heavy atom. The van der Waals surface area contributed by atoms with Crippen molar-refractivity contribution in [3.63, 3.8) is 0 Å². The first-order valence-electron chi connectivity index (χ1n) is 9.09. The summed E-state index contributed by atoms with van der Waals surface area (Å²) in [5.41, 5.74) is 5.83. The summed E-state index contributed by atoms with van der Waals surface area (Å²) in [5, 5.41) is 2.77. The van der Waals surface area contributed by atoms with Gasteiger partial charge in [0.2, 0.25) is 0 Å². The summed E-state index contributed by atoms with van der Waals surface area (Å²) in [6, 6.07) is 14.5. The maximum atomic E-state index is 2.48. The highest BCUT2D eigenvalue weighted by Crippen LogP contribution is 2.37. The maximum Gasteiger partial charge on any atom is 0.0494 e. The van der Waals surface area contributed by atoms with E-state index in [9.17, 15) is 0 Å². The molecule has 2 aromatic carbocycles. The summed E-state index contributed by atoms with van der Waals surface area (Å²) in [6.45, 7) is 18.3. The molecule has 1 heteroatoms. The second-order valence-electron chi connectivity index (χ2n) is 9.43. The van der Waals surface area contributed by atoms with Gasteiger partial charge in [0, 0.05) is 27.8 Å². The highest BCUT2D eigenvalue weighted by Gasteiger charge is 2.20. The highest BCUT2D eigenvalue weighted by molar-refractivity contribution is 6.08. The second kappa shape index (κ2) is 5.37. The third-order valence-electron chi connectivity index (χ3n) is 5.05. The third kappa shape index (κ3) is 2.75. The molecule has 3 aromatic rings. The smallest absolute Gasteiger partial charge is 0.0494 e. The van der Waals surface area contributed by atoms with Gasteiger partial charge in [0.25, 0.3) is 0 Å². The fourth-order valence-electron chi connectivity index (χ4n) is 3.54. The molecule has 3 rings (SSSR count). The topological polar surface area (TPSA) is 4.93 Å². The Morgan fingerprint density at radius 3 is 1.33 bits per heavy atom. The molecule has 0 aliphatic carbocycles. The summed E-state index contributed by atoms with van der Waals surface area (Å²) >= 11 is 0. The molecule has 0 aliphatic rings. The van der Waals surface area contributed by atoms with Crippen molar-refractivity contribution < 1.29 is 0 Å². The van der Waals surface area contributed by atoms with Crippen molar-refractivity contribution in [3.05, 3.63) is 47.5 Å². The molecule has 0 saturated heterocycles. The van der Waals surface area contributed by atoms with E-state index in [0.717, 1.165) is 0 Å². The SMILES string of the molecule is CC(C)n1c2ccc(C(C)(C)C)cc2c2cc(C(C)(C)C)ccc21. The molecule has 0 spiro atoms. The van der Waals surface area contributed by atoms with Crippen LogP contribution in [0.5, 0.6) is 0 Å². The first kappa shape index (κ1) is 17.1. The predicted molar refractivity (Wildman–Crippen MR) is 107 cm³/mol. The number of nitrogens with zero attached hydrogens (tertiary/aromatic N) is 1. The van der Waals surface area contributed by atoms with Crippen LogP contribution < -0.4 is 0 Å². The van der Waals surface area contributed by atoms with Crippen molar-refractivity contribution in [1.82, 2.24) is 4.57 Å². The quantitative estimate of drug-likeness (QED) is 0.456. The molecule has 24 heavy (non-hydrogen) atoms. The van der Waals surface area contributed by atoms with Crippen LogP contribution in [-0.2, 0) is 10.8 Å². The van der Waals surface area contributed by atoms with Crippen LogP contribution in [-0.4, -0.2) is 4.57 Å². The van der Waals surface area contributed by atoms with E-state index in [1.807, 2.05) is 0 Å². The molecule has 128 valence electrons. The van der Waals surface area contributed by atoms with Crippen molar-refractivity contribution >= 4 is 21.8 Å². The molecule has 0 unspecified atom stereocenters. The Labute approximate surface area is 146 Å². The molecule has 0 atom stereocenters. The van der Waals surface area contributed by atoms with Gasteiger partial charge in [0.05, 0.1) is 0 Å².